The van der Waals surface area contributed by atoms with E-state index in [0.717, 1.165) is 10.0 Å². The molecule has 0 N–H and O–H groups in total. The minimum Gasteiger partial charge on any atom is -0.420 e. The van der Waals surface area contributed by atoms with Crippen molar-refractivity contribution in [2.45, 2.75) is 24.5 Å². The summed E-state index contributed by atoms with van der Waals surface area (Å²) in [7, 11) is 0. The Morgan fingerprint density at radius 2 is 1.86 bits per heavy atom. The van der Waals surface area contributed by atoms with E-state index in [9.17, 15) is 0 Å². The standard InChI is InChI=1S/C17H15BrN2OS/c1-11-7-8-13(9-12(11)2)22-10-16-19-20-17(21-16)14-5-3-4-6-15(14)18/h3-9H,10H2,1-2H3. The molecule has 0 atom stereocenters. The van der Waals surface area contributed by atoms with Crippen LogP contribution in [0.3, 0.4) is 0 Å². The van der Waals surface area contributed by atoms with Gasteiger partial charge in [-0.25, -0.2) is 0 Å². The molecule has 0 aliphatic rings. The van der Waals surface area contributed by atoms with Gasteiger partial charge in [-0.3, -0.25) is 0 Å². The number of benzene rings is 2. The SMILES string of the molecule is Cc1ccc(SCc2nnc(-c3ccccc3Br)o2)cc1C. The maximum atomic E-state index is 5.75. The van der Waals surface area contributed by atoms with Crippen LogP contribution in [0.25, 0.3) is 11.5 Å². The van der Waals surface area contributed by atoms with Crippen LogP contribution in [0.4, 0.5) is 0 Å². The molecule has 0 unspecified atom stereocenters. The van der Waals surface area contributed by atoms with Gasteiger partial charge in [-0.2, -0.15) is 0 Å². The smallest absolute Gasteiger partial charge is 0.248 e. The summed E-state index contributed by atoms with van der Waals surface area (Å²) in [5, 5.41) is 8.26. The molecule has 0 saturated carbocycles. The van der Waals surface area contributed by atoms with Crippen molar-refractivity contribution in [3.8, 4) is 11.5 Å². The van der Waals surface area contributed by atoms with E-state index in [-0.39, 0.29) is 0 Å². The quantitative estimate of drug-likeness (QED) is 0.572. The van der Waals surface area contributed by atoms with Gasteiger partial charge in [-0.15, -0.1) is 22.0 Å². The third kappa shape index (κ3) is 3.42. The van der Waals surface area contributed by atoms with Crippen LogP contribution in [0, 0.1) is 13.8 Å². The number of nitrogens with zero attached hydrogens (tertiary/aromatic N) is 2. The van der Waals surface area contributed by atoms with Crippen LogP contribution in [0.5, 0.6) is 0 Å². The Morgan fingerprint density at radius 1 is 1.05 bits per heavy atom. The number of hydrogen-bond acceptors (Lipinski definition) is 4. The van der Waals surface area contributed by atoms with Crippen LogP contribution >= 0.6 is 27.7 Å². The molecule has 112 valence electrons. The Bertz CT molecular complexity index is 801. The highest BCUT2D eigenvalue weighted by Gasteiger charge is 2.11. The maximum Gasteiger partial charge on any atom is 0.248 e. The Balaban J connectivity index is 1.72. The van der Waals surface area contributed by atoms with Gasteiger partial charge in [0.15, 0.2) is 0 Å². The minimum absolute atomic E-state index is 0.545. The van der Waals surface area contributed by atoms with Crippen LogP contribution in [0.15, 0.2) is 56.2 Å². The van der Waals surface area contributed by atoms with Gasteiger partial charge in [-0.05, 0) is 65.2 Å². The summed E-state index contributed by atoms with van der Waals surface area (Å²) in [6, 6.07) is 14.3. The number of thioether (sulfide) groups is 1. The first-order chi connectivity index (χ1) is 10.6. The minimum atomic E-state index is 0.545. The van der Waals surface area contributed by atoms with Gasteiger partial charge < -0.3 is 4.42 Å². The van der Waals surface area contributed by atoms with E-state index in [1.165, 1.54) is 16.0 Å². The molecule has 22 heavy (non-hydrogen) atoms. The van der Waals surface area contributed by atoms with E-state index in [4.69, 9.17) is 4.42 Å². The third-order valence-corrected chi connectivity index (χ3v) is 5.08. The Labute approximate surface area is 142 Å². The lowest BCUT2D eigenvalue weighted by Crippen LogP contribution is -1.83. The lowest BCUT2D eigenvalue weighted by molar-refractivity contribution is 0.528. The molecule has 0 radical (unpaired) electrons. The second-order valence-corrected chi connectivity index (χ2v) is 6.92. The molecule has 0 amide bonds. The molecular weight excluding hydrogens is 360 g/mol. The van der Waals surface area contributed by atoms with Gasteiger partial charge in [0.2, 0.25) is 11.8 Å². The zero-order chi connectivity index (χ0) is 15.5. The highest BCUT2D eigenvalue weighted by Crippen LogP contribution is 2.29. The Hall–Kier alpha value is -1.59. The van der Waals surface area contributed by atoms with E-state index in [2.05, 4.69) is 58.2 Å². The van der Waals surface area contributed by atoms with Crippen LogP contribution in [-0.2, 0) is 5.75 Å². The second kappa shape index (κ2) is 6.67. The van der Waals surface area contributed by atoms with E-state index in [0.29, 0.717) is 17.5 Å². The first kappa shape index (κ1) is 15.3. The van der Waals surface area contributed by atoms with Crippen molar-refractivity contribution in [1.29, 1.82) is 0 Å². The zero-order valence-electron chi connectivity index (χ0n) is 12.3. The molecule has 0 aliphatic heterocycles. The van der Waals surface area contributed by atoms with Crippen molar-refractivity contribution in [2.75, 3.05) is 0 Å². The summed E-state index contributed by atoms with van der Waals surface area (Å²) in [6.45, 7) is 4.24. The predicted octanol–water partition coefficient (Wildman–Crippen LogP) is 5.41. The van der Waals surface area contributed by atoms with Crippen molar-refractivity contribution >= 4 is 27.7 Å². The van der Waals surface area contributed by atoms with Gasteiger partial charge in [0, 0.05) is 9.37 Å². The van der Waals surface area contributed by atoms with Crippen molar-refractivity contribution in [3.05, 3.63) is 64.0 Å². The first-order valence-corrected chi connectivity index (χ1v) is 8.68. The summed E-state index contributed by atoms with van der Waals surface area (Å²) in [5.41, 5.74) is 3.51. The second-order valence-electron chi connectivity index (χ2n) is 5.02. The molecule has 0 bridgehead atoms. The number of aromatic nitrogens is 2. The summed E-state index contributed by atoms with van der Waals surface area (Å²) in [6.07, 6.45) is 0. The van der Waals surface area contributed by atoms with E-state index in [1.807, 2.05) is 24.3 Å². The van der Waals surface area contributed by atoms with E-state index < -0.39 is 0 Å². The average molecular weight is 375 g/mol. The molecule has 0 saturated heterocycles. The molecule has 3 nitrogen and oxygen atoms in total. The summed E-state index contributed by atoms with van der Waals surface area (Å²) in [4.78, 5) is 1.21. The van der Waals surface area contributed by atoms with Crippen LogP contribution in [0.2, 0.25) is 0 Å². The van der Waals surface area contributed by atoms with Crippen molar-refractivity contribution in [1.82, 2.24) is 10.2 Å². The summed E-state index contributed by atoms with van der Waals surface area (Å²) >= 11 is 5.20. The van der Waals surface area contributed by atoms with Gasteiger partial charge >= 0.3 is 0 Å². The zero-order valence-corrected chi connectivity index (χ0v) is 14.7. The monoisotopic (exact) mass is 374 g/mol. The van der Waals surface area contributed by atoms with Crippen molar-refractivity contribution in [2.24, 2.45) is 0 Å². The Morgan fingerprint density at radius 3 is 2.64 bits per heavy atom. The van der Waals surface area contributed by atoms with Crippen molar-refractivity contribution < 1.29 is 4.42 Å². The fraction of sp³-hybridized carbons (Fsp3) is 0.176. The number of rotatable bonds is 4. The summed E-state index contributed by atoms with van der Waals surface area (Å²) in [5.74, 6) is 1.84. The lowest BCUT2D eigenvalue weighted by atomic mass is 10.1. The molecular formula is C17H15BrN2OS. The molecule has 1 heterocycles. The molecule has 0 spiro atoms. The molecule has 2 aromatic carbocycles. The highest BCUT2D eigenvalue weighted by molar-refractivity contribution is 9.10. The van der Waals surface area contributed by atoms with E-state index in [1.54, 1.807) is 11.8 Å². The lowest BCUT2D eigenvalue weighted by Gasteiger charge is -2.03. The van der Waals surface area contributed by atoms with E-state index >= 15 is 0 Å². The van der Waals surface area contributed by atoms with Gasteiger partial charge in [0.25, 0.3) is 0 Å². The van der Waals surface area contributed by atoms with Crippen LogP contribution in [0.1, 0.15) is 17.0 Å². The first-order valence-electron chi connectivity index (χ1n) is 6.91. The number of hydrogen-bond donors (Lipinski definition) is 0. The maximum absolute atomic E-state index is 5.75. The topological polar surface area (TPSA) is 38.9 Å². The molecule has 1 aromatic heterocycles. The largest absolute Gasteiger partial charge is 0.420 e. The van der Waals surface area contributed by atoms with Gasteiger partial charge in [-0.1, -0.05) is 18.2 Å². The van der Waals surface area contributed by atoms with Crippen LogP contribution < -0.4 is 0 Å². The molecule has 5 heteroatoms. The van der Waals surface area contributed by atoms with Crippen molar-refractivity contribution in [3.63, 3.8) is 0 Å². The fourth-order valence-electron chi connectivity index (χ4n) is 2.00. The van der Waals surface area contributed by atoms with Crippen LogP contribution in [-0.4, -0.2) is 10.2 Å². The molecule has 0 fully saturated rings. The normalized spacial score (nSPS) is 10.9. The molecule has 0 aliphatic carbocycles. The number of aryl methyl sites for hydroxylation is 2. The number of halogens is 1. The molecule has 3 rings (SSSR count). The Kier molecular flexibility index (Phi) is 4.64. The average Bonchev–Trinajstić information content (AvgIpc) is 2.98. The predicted molar refractivity (Wildman–Crippen MR) is 92.9 cm³/mol. The molecule has 3 aromatic rings. The third-order valence-electron chi connectivity index (χ3n) is 3.41. The summed E-state index contributed by atoms with van der Waals surface area (Å²) < 4.78 is 6.70. The van der Waals surface area contributed by atoms with Gasteiger partial charge in [0.05, 0.1) is 11.3 Å². The fourth-order valence-corrected chi connectivity index (χ4v) is 3.29. The van der Waals surface area contributed by atoms with Gasteiger partial charge in [0.1, 0.15) is 0 Å². The highest BCUT2D eigenvalue weighted by atomic mass is 79.9.